The number of fused-ring (bicyclic) bond motifs is 3. The highest BCUT2D eigenvalue weighted by Gasteiger charge is 2.23. The first-order valence-electron chi connectivity index (χ1n) is 7.42. The van der Waals surface area contributed by atoms with Crippen molar-refractivity contribution >= 4 is 16.8 Å². The van der Waals surface area contributed by atoms with Crippen LogP contribution in [-0.4, -0.2) is 28.2 Å². The van der Waals surface area contributed by atoms with Gasteiger partial charge >= 0.3 is 0 Å². The molecule has 0 fully saturated rings. The molecule has 0 aliphatic heterocycles. The van der Waals surface area contributed by atoms with Crippen LogP contribution >= 0.6 is 0 Å². The topological polar surface area (TPSA) is 77.2 Å². The van der Waals surface area contributed by atoms with Crippen molar-refractivity contribution in [1.82, 2.24) is 15.8 Å². The van der Waals surface area contributed by atoms with Gasteiger partial charge in [-0.1, -0.05) is 13.8 Å². The Hall–Kier alpha value is -1.85. The van der Waals surface area contributed by atoms with Crippen LogP contribution in [0.15, 0.2) is 18.2 Å². The summed E-state index contributed by atoms with van der Waals surface area (Å²) < 4.78 is 0. The number of benzene rings is 1. The minimum Gasteiger partial charge on any atom is -0.358 e. The van der Waals surface area contributed by atoms with E-state index in [2.05, 4.69) is 24.1 Å². The zero-order chi connectivity index (χ0) is 15.0. The Balaban J connectivity index is 1.98. The first kappa shape index (κ1) is 14.1. The van der Waals surface area contributed by atoms with Crippen LogP contribution in [0, 0.1) is 0 Å². The van der Waals surface area contributed by atoms with Crippen molar-refractivity contribution in [3.8, 4) is 0 Å². The molecule has 1 aromatic carbocycles. The highest BCUT2D eigenvalue weighted by Crippen LogP contribution is 2.30. The molecule has 0 spiro atoms. The van der Waals surface area contributed by atoms with E-state index in [0.717, 1.165) is 30.2 Å². The Morgan fingerprint density at radius 3 is 2.95 bits per heavy atom. The van der Waals surface area contributed by atoms with Crippen LogP contribution in [-0.2, 0) is 12.8 Å². The van der Waals surface area contributed by atoms with Crippen molar-refractivity contribution in [3.05, 3.63) is 35.0 Å². The molecule has 21 heavy (non-hydrogen) atoms. The van der Waals surface area contributed by atoms with Gasteiger partial charge in [0.25, 0.3) is 5.91 Å². The zero-order valence-corrected chi connectivity index (χ0v) is 12.4. The Bertz CT molecular complexity index is 675. The van der Waals surface area contributed by atoms with Crippen molar-refractivity contribution in [2.24, 2.45) is 0 Å². The molecule has 5 nitrogen and oxygen atoms in total. The molecule has 1 aliphatic carbocycles. The van der Waals surface area contributed by atoms with E-state index in [1.54, 1.807) is 11.5 Å². The van der Waals surface area contributed by atoms with Gasteiger partial charge in [0, 0.05) is 34.2 Å². The van der Waals surface area contributed by atoms with Crippen LogP contribution in [0.2, 0.25) is 0 Å². The lowest BCUT2D eigenvalue weighted by atomic mass is 9.90. The van der Waals surface area contributed by atoms with Gasteiger partial charge in [-0.3, -0.25) is 10.0 Å². The van der Waals surface area contributed by atoms with Gasteiger partial charge in [-0.05, 0) is 43.0 Å². The van der Waals surface area contributed by atoms with Crippen LogP contribution in [0.25, 0.3) is 10.9 Å². The van der Waals surface area contributed by atoms with Gasteiger partial charge in [0.05, 0.1) is 0 Å². The number of nitrogens with one attached hydrogen (secondary N) is 3. The second kappa shape index (κ2) is 5.50. The maximum absolute atomic E-state index is 11.6. The third-order valence-corrected chi connectivity index (χ3v) is 4.12. The standard InChI is InChI=1S/C16H21N3O2/c1-9(2)17-11-4-6-15-13(8-11)12-7-10(16(20)19-21)3-5-14(12)18-15/h3,5,7,9,11,17-18,21H,4,6,8H2,1-2H3,(H,19,20). The maximum atomic E-state index is 11.6. The van der Waals surface area contributed by atoms with E-state index < -0.39 is 5.91 Å². The molecule has 1 aliphatic rings. The van der Waals surface area contributed by atoms with E-state index in [1.807, 2.05) is 12.1 Å². The van der Waals surface area contributed by atoms with E-state index >= 15 is 0 Å². The summed E-state index contributed by atoms with van der Waals surface area (Å²) in [6.07, 6.45) is 3.12. The molecule has 5 heteroatoms. The summed E-state index contributed by atoms with van der Waals surface area (Å²) in [5, 5.41) is 13.5. The molecule has 0 saturated heterocycles. The number of H-pyrrole nitrogens is 1. The predicted octanol–water partition coefficient (Wildman–Crippen LogP) is 2.14. The summed E-state index contributed by atoms with van der Waals surface area (Å²) in [6, 6.07) is 6.43. The smallest absolute Gasteiger partial charge is 0.274 e. The quantitative estimate of drug-likeness (QED) is 0.516. The van der Waals surface area contributed by atoms with E-state index in [9.17, 15) is 4.79 Å². The number of hydroxylamine groups is 1. The molecule has 1 amide bonds. The molecule has 1 atom stereocenters. The second-order valence-electron chi connectivity index (χ2n) is 6.04. The molecule has 3 rings (SSSR count). The van der Waals surface area contributed by atoms with E-state index in [1.165, 1.54) is 11.3 Å². The molecule has 112 valence electrons. The van der Waals surface area contributed by atoms with Crippen LogP contribution in [0.5, 0.6) is 0 Å². The molecule has 1 heterocycles. The van der Waals surface area contributed by atoms with E-state index in [4.69, 9.17) is 5.21 Å². The fourth-order valence-electron chi connectivity index (χ4n) is 3.24. The van der Waals surface area contributed by atoms with Gasteiger partial charge in [-0.2, -0.15) is 0 Å². The first-order valence-corrected chi connectivity index (χ1v) is 7.42. The Morgan fingerprint density at radius 1 is 1.43 bits per heavy atom. The molecule has 2 aromatic rings. The molecule has 0 saturated carbocycles. The number of carbonyl (C=O) groups excluding carboxylic acids is 1. The van der Waals surface area contributed by atoms with Crippen molar-refractivity contribution in [2.75, 3.05) is 0 Å². The number of aryl methyl sites for hydroxylation is 1. The molecule has 0 bridgehead atoms. The highest BCUT2D eigenvalue weighted by atomic mass is 16.5. The molecule has 1 unspecified atom stereocenters. The molecule has 1 aromatic heterocycles. The van der Waals surface area contributed by atoms with Crippen LogP contribution in [0.3, 0.4) is 0 Å². The van der Waals surface area contributed by atoms with Crippen molar-refractivity contribution in [1.29, 1.82) is 0 Å². The fraction of sp³-hybridized carbons (Fsp3) is 0.438. The lowest BCUT2D eigenvalue weighted by molar-refractivity contribution is 0.0706. The summed E-state index contributed by atoms with van der Waals surface area (Å²) in [7, 11) is 0. The highest BCUT2D eigenvalue weighted by molar-refractivity contribution is 5.98. The average Bonchev–Trinajstić information content (AvgIpc) is 2.83. The van der Waals surface area contributed by atoms with Crippen LogP contribution in [0.1, 0.15) is 41.9 Å². The summed E-state index contributed by atoms with van der Waals surface area (Å²) in [4.78, 5) is 15.0. The predicted molar refractivity (Wildman–Crippen MR) is 81.6 cm³/mol. The van der Waals surface area contributed by atoms with Gasteiger partial charge in [0.15, 0.2) is 0 Å². The number of rotatable bonds is 3. The minimum absolute atomic E-state index is 0.470. The van der Waals surface area contributed by atoms with Gasteiger partial charge in [0.1, 0.15) is 0 Å². The normalized spacial score (nSPS) is 18.0. The molecule has 4 N–H and O–H groups in total. The summed E-state index contributed by atoms with van der Waals surface area (Å²) >= 11 is 0. The second-order valence-corrected chi connectivity index (χ2v) is 6.04. The number of amides is 1. The Kier molecular flexibility index (Phi) is 3.69. The van der Waals surface area contributed by atoms with Crippen molar-refractivity contribution in [2.45, 2.75) is 45.2 Å². The maximum Gasteiger partial charge on any atom is 0.274 e. The van der Waals surface area contributed by atoms with Gasteiger partial charge in [0.2, 0.25) is 0 Å². The Labute approximate surface area is 123 Å². The van der Waals surface area contributed by atoms with Crippen LogP contribution in [0.4, 0.5) is 0 Å². The SMILES string of the molecule is CC(C)NC1CCc2[nH]c3ccc(C(=O)NO)cc3c2C1. The first-order chi connectivity index (χ1) is 10.1. The fourth-order valence-corrected chi connectivity index (χ4v) is 3.24. The molecular formula is C16H21N3O2. The third-order valence-electron chi connectivity index (χ3n) is 4.12. The van der Waals surface area contributed by atoms with Crippen molar-refractivity contribution in [3.63, 3.8) is 0 Å². The minimum atomic E-state index is -0.473. The van der Waals surface area contributed by atoms with Crippen molar-refractivity contribution < 1.29 is 10.0 Å². The lowest BCUT2D eigenvalue weighted by Crippen LogP contribution is -2.38. The summed E-state index contributed by atoms with van der Waals surface area (Å²) in [5.41, 5.74) is 5.79. The molecular weight excluding hydrogens is 266 g/mol. The lowest BCUT2D eigenvalue weighted by Gasteiger charge is -2.25. The number of hydrogen-bond acceptors (Lipinski definition) is 3. The number of aromatic amines is 1. The summed E-state index contributed by atoms with van der Waals surface area (Å²) in [5.74, 6) is -0.473. The average molecular weight is 287 g/mol. The number of aromatic nitrogens is 1. The third kappa shape index (κ3) is 2.66. The summed E-state index contributed by atoms with van der Waals surface area (Å²) in [6.45, 7) is 4.32. The number of carbonyl (C=O) groups is 1. The van der Waals surface area contributed by atoms with Gasteiger partial charge in [-0.25, -0.2) is 5.48 Å². The van der Waals surface area contributed by atoms with E-state index in [-0.39, 0.29) is 0 Å². The van der Waals surface area contributed by atoms with E-state index in [0.29, 0.717) is 17.6 Å². The number of hydrogen-bond donors (Lipinski definition) is 4. The molecule has 0 radical (unpaired) electrons. The zero-order valence-electron chi connectivity index (χ0n) is 12.4. The van der Waals surface area contributed by atoms with Gasteiger partial charge in [-0.15, -0.1) is 0 Å². The van der Waals surface area contributed by atoms with Crippen LogP contribution < -0.4 is 10.8 Å². The largest absolute Gasteiger partial charge is 0.358 e. The van der Waals surface area contributed by atoms with Gasteiger partial charge < -0.3 is 10.3 Å². The monoisotopic (exact) mass is 287 g/mol. The Morgan fingerprint density at radius 2 is 2.24 bits per heavy atom.